The molecule has 0 radical (unpaired) electrons. The maximum Gasteiger partial charge on any atom is 0.163 e. The number of aryl methyl sites for hydroxylation is 4. The van der Waals surface area contributed by atoms with Crippen LogP contribution in [0, 0.1) is 20.8 Å². The van der Waals surface area contributed by atoms with Crippen molar-refractivity contribution >= 4 is 5.78 Å². The summed E-state index contributed by atoms with van der Waals surface area (Å²) in [7, 11) is 0. The van der Waals surface area contributed by atoms with Crippen LogP contribution < -0.4 is 0 Å². The zero-order valence-electron chi connectivity index (χ0n) is 11.7. The first-order valence-corrected chi connectivity index (χ1v) is 6.59. The third-order valence-electron chi connectivity index (χ3n) is 3.48. The first kappa shape index (κ1) is 13.5. The molecule has 0 aliphatic rings. The minimum atomic E-state index is 0.200. The van der Waals surface area contributed by atoms with Crippen molar-refractivity contribution < 1.29 is 4.79 Å². The molecule has 0 atom stereocenters. The fraction of sp³-hybridized carbons (Fsp3) is 0.294. The van der Waals surface area contributed by atoms with Crippen LogP contribution in [0.2, 0.25) is 0 Å². The Kier molecular flexibility index (Phi) is 4.10. The first-order valence-electron chi connectivity index (χ1n) is 6.59. The maximum atomic E-state index is 12.3. The van der Waals surface area contributed by atoms with E-state index in [0.717, 1.165) is 16.8 Å². The zero-order chi connectivity index (χ0) is 13.8. The molecular weight excluding hydrogens is 234 g/mol. The Morgan fingerprint density at radius 2 is 1.79 bits per heavy atom. The molecule has 0 saturated heterocycles. The van der Waals surface area contributed by atoms with Gasteiger partial charge in [-0.2, -0.15) is 0 Å². The van der Waals surface area contributed by atoms with Crippen molar-refractivity contribution in [2.45, 2.75) is 33.6 Å². The summed E-state index contributed by atoms with van der Waals surface area (Å²) in [5.41, 5.74) is 5.29. The number of carbonyl (C=O) groups excluding carboxylic acids is 1. The van der Waals surface area contributed by atoms with Gasteiger partial charge in [0.15, 0.2) is 5.78 Å². The monoisotopic (exact) mass is 253 g/mol. The van der Waals surface area contributed by atoms with Crippen LogP contribution in [0.5, 0.6) is 0 Å². The molecule has 1 aromatic heterocycles. The number of carbonyl (C=O) groups is 1. The maximum absolute atomic E-state index is 12.3. The lowest BCUT2D eigenvalue weighted by atomic mass is 9.96. The summed E-state index contributed by atoms with van der Waals surface area (Å²) < 4.78 is 0. The molecule has 0 aliphatic carbocycles. The summed E-state index contributed by atoms with van der Waals surface area (Å²) in [6.07, 6.45) is 2.98. The van der Waals surface area contributed by atoms with Crippen molar-refractivity contribution in [3.05, 3.63) is 64.5 Å². The predicted molar refractivity (Wildman–Crippen MR) is 77.5 cm³/mol. The summed E-state index contributed by atoms with van der Waals surface area (Å²) in [5, 5.41) is 0. The van der Waals surface area contributed by atoms with E-state index in [1.165, 1.54) is 11.1 Å². The number of benzene rings is 1. The van der Waals surface area contributed by atoms with Crippen molar-refractivity contribution in [3.8, 4) is 0 Å². The number of aromatic nitrogens is 1. The number of ketones is 1. The molecule has 2 heteroatoms. The van der Waals surface area contributed by atoms with Crippen LogP contribution in [0.25, 0.3) is 0 Å². The van der Waals surface area contributed by atoms with E-state index >= 15 is 0 Å². The lowest BCUT2D eigenvalue weighted by Gasteiger charge is -2.09. The Morgan fingerprint density at radius 3 is 2.47 bits per heavy atom. The molecule has 0 unspecified atom stereocenters. The van der Waals surface area contributed by atoms with Gasteiger partial charge in [-0.05, 0) is 62.1 Å². The van der Waals surface area contributed by atoms with Crippen molar-refractivity contribution in [3.63, 3.8) is 0 Å². The minimum Gasteiger partial charge on any atom is -0.294 e. The van der Waals surface area contributed by atoms with E-state index in [0.29, 0.717) is 12.8 Å². The lowest BCUT2D eigenvalue weighted by molar-refractivity contribution is 0.0982. The molecule has 0 spiro atoms. The molecule has 0 N–H and O–H groups in total. The van der Waals surface area contributed by atoms with Gasteiger partial charge in [-0.1, -0.05) is 12.1 Å². The summed E-state index contributed by atoms with van der Waals surface area (Å²) in [4.78, 5) is 16.5. The molecule has 0 saturated carbocycles. The average molecular weight is 253 g/mol. The smallest absolute Gasteiger partial charge is 0.163 e. The quantitative estimate of drug-likeness (QED) is 0.775. The van der Waals surface area contributed by atoms with Gasteiger partial charge >= 0.3 is 0 Å². The van der Waals surface area contributed by atoms with E-state index in [1.54, 1.807) is 6.20 Å². The van der Waals surface area contributed by atoms with Crippen molar-refractivity contribution in [1.29, 1.82) is 0 Å². The molecule has 2 rings (SSSR count). The van der Waals surface area contributed by atoms with Crippen LogP contribution in [-0.4, -0.2) is 10.8 Å². The fourth-order valence-corrected chi connectivity index (χ4v) is 2.18. The van der Waals surface area contributed by atoms with Crippen LogP contribution in [0.4, 0.5) is 0 Å². The standard InChI is InChI=1S/C17H19NO/c1-12-10-14(3)16(11-13(12)2)17(19)8-7-15-6-4-5-9-18-15/h4-6,9-11H,7-8H2,1-3H3. The predicted octanol–water partition coefficient (Wildman–Crippen LogP) is 3.82. The molecular formula is C17H19NO. The first-order chi connectivity index (χ1) is 9.08. The summed E-state index contributed by atoms with van der Waals surface area (Å²) >= 11 is 0. The number of hydrogen-bond donors (Lipinski definition) is 0. The molecule has 98 valence electrons. The summed E-state index contributed by atoms with van der Waals surface area (Å²) in [5.74, 6) is 0.200. The van der Waals surface area contributed by atoms with Gasteiger partial charge in [0.1, 0.15) is 0 Å². The molecule has 0 bridgehead atoms. The molecule has 19 heavy (non-hydrogen) atoms. The van der Waals surface area contributed by atoms with Crippen LogP contribution >= 0.6 is 0 Å². The Bertz CT molecular complexity index is 588. The molecule has 2 aromatic rings. The van der Waals surface area contributed by atoms with Crippen LogP contribution in [0.3, 0.4) is 0 Å². The third kappa shape index (κ3) is 3.28. The fourth-order valence-electron chi connectivity index (χ4n) is 2.18. The Hall–Kier alpha value is -1.96. The van der Waals surface area contributed by atoms with Gasteiger partial charge in [-0.3, -0.25) is 9.78 Å². The van der Waals surface area contributed by atoms with Crippen LogP contribution in [-0.2, 0) is 6.42 Å². The van der Waals surface area contributed by atoms with Crippen LogP contribution in [0.1, 0.15) is 39.2 Å². The second-order valence-electron chi connectivity index (χ2n) is 5.00. The number of hydrogen-bond acceptors (Lipinski definition) is 2. The van der Waals surface area contributed by atoms with Crippen molar-refractivity contribution in [1.82, 2.24) is 4.98 Å². The van der Waals surface area contributed by atoms with Gasteiger partial charge in [0.2, 0.25) is 0 Å². The second-order valence-corrected chi connectivity index (χ2v) is 5.00. The summed E-state index contributed by atoms with van der Waals surface area (Å²) in [6.45, 7) is 6.12. The zero-order valence-corrected chi connectivity index (χ0v) is 11.7. The lowest BCUT2D eigenvalue weighted by Crippen LogP contribution is -2.05. The Morgan fingerprint density at radius 1 is 1.05 bits per heavy atom. The average Bonchev–Trinajstić information content (AvgIpc) is 2.41. The van der Waals surface area contributed by atoms with E-state index in [9.17, 15) is 4.79 Å². The van der Waals surface area contributed by atoms with Gasteiger partial charge < -0.3 is 0 Å². The topological polar surface area (TPSA) is 30.0 Å². The second kappa shape index (κ2) is 5.79. The third-order valence-corrected chi connectivity index (χ3v) is 3.48. The van der Waals surface area contributed by atoms with Gasteiger partial charge in [-0.15, -0.1) is 0 Å². The van der Waals surface area contributed by atoms with Gasteiger partial charge in [0, 0.05) is 23.9 Å². The Labute approximate surface area is 114 Å². The van der Waals surface area contributed by atoms with E-state index in [-0.39, 0.29) is 5.78 Å². The van der Waals surface area contributed by atoms with Crippen molar-refractivity contribution in [2.75, 3.05) is 0 Å². The van der Waals surface area contributed by atoms with Crippen LogP contribution in [0.15, 0.2) is 36.5 Å². The van der Waals surface area contributed by atoms with Gasteiger partial charge in [0.25, 0.3) is 0 Å². The van der Waals surface area contributed by atoms with Crippen molar-refractivity contribution in [2.24, 2.45) is 0 Å². The number of rotatable bonds is 4. The molecule has 0 fully saturated rings. The number of nitrogens with zero attached hydrogens (tertiary/aromatic N) is 1. The van der Waals surface area contributed by atoms with Gasteiger partial charge in [-0.25, -0.2) is 0 Å². The normalized spacial score (nSPS) is 10.5. The van der Waals surface area contributed by atoms with E-state index in [1.807, 2.05) is 38.1 Å². The van der Waals surface area contributed by atoms with E-state index in [4.69, 9.17) is 0 Å². The SMILES string of the molecule is Cc1cc(C)c(C(=O)CCc2ccccn2)cc1C. The molecule has 2 nitrogen and oxygen atoms in total. The molecule has 0 amide bonds. The highest BCUT2D eigenvalue weighted by Crippen LogP contribution is 2.17. The summed E-state index contributed by atoms with van der Waals surface area (Å²) in [6, 6.07) is 9.89. The molecule has 1 heterocycles. The van der Waals surface area contributed by atoms with E-state index in [2.05, 4.69) is 18.0 Å². The molecule has 0 aliphatic heterocycles. The highest BCUT2D eigenvalue weighted by atomic mass is 16.1. The number of Topliss-reactive ketones (excluding diaryl/α,β-unsaturated/α-hetero) is 1. The highest BCUT2D eigenvalue weighted by Gasteiger charge is 2.11. The highest BCUT2D eigenvalue weighted by molar-refractivity contribution is 5.97. The van der Waals surface area contributed by atoms with E-state index < -0.39 is 0 Å². The number of pyridine rings is 1. The molecule has 1 aromatic carbocycles. The van der Waals surface area contributed by atoms with Gasteiger partial charge in [0.05, 0.1) is 0 Å². The minimum absolute atomic E-state index is 0.200. The largest absolute Gasteiger partial charge is 0.294 e. The Balaban J connectivity index is 2.10.